The van der Waals surface area contributed by atoms with Crippen molar-refractivity contribution in [3.8, 4) is 0 Å². The third-order valence-electron chi connectivity index (χ3n) is 4.25. The zero-order valence-electron chi connectivity index (χ0n) is 12.5. The number of nitrogens with zero attached hydrogens (tertiary/aromatic N) is 1. The molecule has 0 fully saturated rings. The lowest BCUT2D eigenvalue weighted by atomic mass is 9.99. The molecule has 1 aliphatic heterocycles. The zero-order chi connectivity index (χ0) is 15.1. The highest BCUT2D eigenvalue weighted by molar-refractivity contribution is 6.36. The standard InChI is InChI=1S/C16H19ClN2O2/c1-9-4-5-11-12-7-19(14(20)8-21-3)10(2)6-13(12)18-16(11)15(9)17/h4-5,10,18H,6-8H2,1-3H3/t10-/m0/s1. The monoisotopic (exact) mass is 306 g/mol. The zero-order valence-corrected chi connectivity index (χ0v) is 13.3. The molecule has 0 unspecified atom stereocenters. The fraction of sp³-hybridized carbons (Fsp3) is 0.438. The molecule has 21 heavy (non-hydrogen) atoms. The minimum atomic E-state index is 0.0307. The summed E-state index contributed by atoms with van der Waals surface area (Å²) in [5, 5.41) is 1.88. The van der Waals surface area contributed by atoms with Gasteiger partial charge in [0.25, 0.3) is 0 Å². The van der Waals surface area contributed by atoms with E-state index < -0.39 is 0 Å². The molecular weight excluding hydrogens is 288 g/mol. The lowest BCUT2D eigenvalue weighted by molar-refractivity contribution is -0.138. The Morgan fingerprint density at radius 1 is 1.52 bits per heavy atom. The molecule has 5 heteroatoms. The van der Waals surface area contributed by atoms with E-state index in [2.05, 4.69) is 18.0 Å². The molecular formula is C16H19ClN2O2. The number of ether oxygens (including phenoxy) is 1. The first-order chi connectivity index (χ1) is 10.0. The van der Waals surface area contributed by atoms with Gasteiger partial charge in [-0.25, -0.2) is 0 Å². The smallest absolute Gasteiger partial charge is 0.249 e. The molecule has 0 saturated heterocycles. The average Bonchev–Trinajstić information content (AvgIpc) is 2.80. The van der Waals surface area contributed by atoms with Gasteiger partial charge in [0.15, 0.2) is 0 Å². The Morgan fingerprint density at radius 3 is 3.00 bits per heavy atom. The van der Waals surface area contributed by atoms with Crippen LogP contribution in [0.15, 0.2) is 12.1 Å². The summed E-state index contributed by atoms with van der Waals surface area (Å²) in [6.07, 6.45) is 0.814. The van der Waals surface area contributed by atoms with Crippen LogP contribution in [0.5, 0.6) is 0 Å². The molecule has 1 atom stereocenters. The van der Waals surface area contributed by atoms with E-state index in [0.717, 1.165) is 27.9 Å². The maximum atomic E-state index is 12.2. The lowest BCUT2D eigenvalue weighted by Gasteiger charge is -2.33. The van der Waals surface area contributed by atoms with Crippen molar-refractivity contribution in [3.05, 3.63) is 34.0 Å². The number of halogens is 1. The molecule has 3 rings (SSSR count). The van der Waals surface area contributed by atoms with Gasteiger partial charge in [0, 0.05) is 42.8 Å². The molecule has 0 spiro atoms. The van der Waals surface area contributed by atoms with Crippen LogP contribution in [-0.4, -0.2) is 35.5 Å². The average molecular weight is 307 g/mol. The minimum absolute atomic E-state index is 0.0307. The predicted molar refractivity (Wildman–Crippen MR) is 83.6 cm³/mol. The van der Waals surface area contributed by atoms with Gasteiger partial charge in [0.2, 0.25) is 5.91 Å². The molecule has 0 bridgehead atoms. The largest absolute Gasteiger partial charge is 0.375 e. The molecule has 1 amide bonds. The quantitative estimate of drug-likeness (QED) is 0.927. The van der Waals surface area contributed by atoms with Gasteiger partial charge in [-0.05, 0) is 19.4 Å². The molecule has 0 aliphatic carbocycles. The number of aromatic nitrogens is 1. The van der Waals surface area contributed by atoms with Crippen molar-refractivity contribution in [2.75, 3.05) is 13.7 Å². The van der Waals surface area contributed by atoms with Gasteiger partial charge in [-0.3, -0.25) is 4.79 Å². The van der Waals surface area contributed by atoms with Gasteiger partial charge >= 0.3 is 0 Å². The number of carbonyl (C=O) groups excluding carboxylic acids is 1. The molecule has 0 saturated carbocycles. The highest BCUT2D eigenvalue weighted by atomic mass is 35.5. The SMILES string of the molecule is COCC(=O)N1Cc2c([nH]c3c(Cl)c(C)ccc23)C[C@@H]1C. The van der Waals surface area contributed by atoms with Crippen LogP contribution in [0.4, 0.5) is 0 Å². The number of fused-ring (bicyclic) bond motifs is 3. The predicted octanol–water partition coefficient (Wildman–Crippen LogP) is 3.05. The molecule has 4 nitrogen and oxygen atoms in total. The normalized spacial score (nSPS) is 18.1. The van der Waals surface area contributed by atoms with Crippen LogP contribution in [0.25, 0.3) is 10.9 Å². The third-order valence-corrected chi connectivity index (χ3v) is 4.74. The minimum Gasteiger partial charge on any atom is -0.375 e. The van der Waals surface area contributed by atoms with E-state index in [-0.39, 0.29) is 18.6 Å². The summed E-state index contributed by atoms with van der Waals surface area (Å²) in [5.41, 5.74) is 4.40. The van der Waals surface area contributed by atoms with Crippen molar-refractivity contribution in [2.45, 2.75) is 32.9 Å². The number of carbonyl (C=O) groups is 1. The Bertz CT molecular complexity index is 708. The van der Waals surface area contributed by atoms with Gasteiger partial charge in [0.05, 0.1) is 10.5 Å². The number of nitrogens with one attached hydrogen (secondary N) is 1. The van der Waals surface area contributed by atoms with Gasteiger partial charge in [-0.1, -0.05) is 23.7 Å². The number of rotatable bonds is 2. The van der Waals surface area contributed by atoms with E-state index in [1.54, 1.807) is 7.11 Å². The van der Waals surface area contributed by atoms with E-state index in [4.69, 9.17) is 16.3 Å². The second-order valence-electron chi connectivity index (χ2n) is 5.71. The van der Waals surface area contributed by atoms with Crippen molar-refractivity contribution >= 4 is 28.4 Å². The van der Waals surface area contributed by atoms with Crippen molar-refractivity contribution in [1.29, 1.82) is 0 Å². The molecule has 1 aromatic carbocycles. The van der Waals surface area contributed by atoms with Crippen LogP contribution in [0.1, 0.15) is 23.7 Å². The summed E-state index contributed by atoms with van der Waals surface area (Å²) >= 11 is 6.40. The number of aromatic amines is 1. The lowest BCUT2D eigenvalue weighted by Crippen LogP contribution is -2.44. The van der Waals surface area contributed by atoms with Crippen molar-refractivity contribution in [3.63, 3.8) is 0 Å². The van der Waals surface area contributed by atoms with E-state index >= 15 is 0 Å². The molecule has 112 valence electrons. The van der Waals surface area contributed by atoms with Crippen LogP contribution in [0.2, 0.25) is 5.02 Å². The Hall–Kier alpha value is -1.52. The van der Waals surface area contributed by atoms with Gasteiger partial charge < -0.3 is 14.6 Å². The molecule has 0 radical (unpaired) electrons. The first kappa shape index (κ1) is 14.4. The van der Waals surface area contributed by atoms with E-state index in [1.165, 1.54) is 11.3 Å². The van der Waals surface area contributed by atoms with Crippen molar-refractivity contribution < 1.29 is 9.53 Å². The van der Waals surface area contributed by atoms with E-state index in [0.29, 0.717) is 6.54 Å². The molecule has 2 heterocycles. The topological polar surface area (TPSA) is 45.3 Å². The summed E-state index contributed by atoms with van der Waals surface area (Å²) in [6, 6.07) is 4.27. The maximum absolute atomic E-state index is 12.2. The summed E-state index contributed by atoms with van der Waals surface area (Å²) < 4.78 is 4.98. The second-order valence-corrected chi connectivity index (χ2v) is 6.09. The highest BCUT2D eigenvalue weighted by Gasteiger charge is 2.29. The van der Waals surface area contributed by atoms with Gasteiger partial charge in [0.1, 0.15) is 6.61 Å². The summed E-state index contributed by atoms with van der Waals surface area (Å²) in [4.78, 5) is 17.5. The molecule has 1 N–H and O–H groups in total. The fourth-order valence-electron chi connectivity index (χ4n) is 3.07. The summed E-state index contributed by atoms with van der Waals surface area (Å²) in [7, 11) is 1.55. The number of methoxy groups -OCH3 is 1. The van der Waals surface area contributed by atoms with Crippen molar-refractivity contribution in [1.82, 2.24) is 9.88 Å². The number of amides is 1. The van der Waals surface area contributed by atoms with Crippen LogP contribution in [0, 0.1) is 6.92 Å². The van der Waals surface area contributed by atoms with Crippen LogP contribution in [0.3, 0.4) is 0 Å². The highest BCUT2D eigenvalue weighted by Crippen LogP contribution is 2.34. The molecule has 2 aromatic rings. The van der Waals surface area contributed by atoms with Crippen LogP contribution in [-0.2, 0) is 22.5 Å². The number of H-pyrrole nitrogens is 1. The maximum Gasteiger partial charge on any atom is 0.249 e. The number of hydrogen-bond donors (Lipinski definition) is 1. The number of hydrogen-bond acceptors (Lipinski definition) is 2. The molecule has 1 aliphatic rings. The summed E-state index contributed by atoms with van der Waals surface area (Å²) in [5.74, 6) is 0.0307. The van der Waals surface area contributed by atoms with Crippen LogP contribution >= 0.6 is 11.6 Å². The number of aryl methyl sites for hydroxylation is 1. The Morgan fingerprint density at radius 2 is 2.29 bits per heavy atom. The van der Waals surface area contributed by atoms with Crippen LogP contribution < -0.4 is 0 Å². The second kappa shape index (κ2) is 5.35. The fourth-order valence-corrected chi connectivity index (χ4v) is 3.28. The Balaban J connectivity index is 2.05. The number of benzene rings is 1. The Kier molecular flexibility index (Phi) is 3.68. The van der Waals surface area contributed by atoms with E-state index in [1.807, 2.05) is 17.9 Å². The first-order valence-corrected chi connectivity index (χ1v) is 7.47. The molecule has 1 aromatic heterocycles. The van der Waals surface area contributed by atoms with E-state index in [9.17, 15) is 4.79 Å². The Labute approximate surface area is 129 Å². The summed E-state index contributed by atoms with van der Waals surface area (Å²) in [6.45, 7) is 4.80. The van der Waals surface area contributed by atoms with Gasteiger partial charge in [-0.2, -0.15) is 0 Å². The first-order valence-electron chi connectivity index (χ1n) is 7.10. The van der Waals surface area contributed by atoms with Gasteiger partial charge in [-0.15, -0.1) is 0 Å². The van der Waals surface area contributed by atoms with Crippen molar-refractivity contribution in [2.24, 2.45) is 0 Å². The third kappa shape index (κ3) is 2.32.